The zero-order valence-corrected chi connectivity index (χ0v) is 14.7. The van der Waals surface area contributed by atoms with Gasteiger partial charge in [-0.15, -0.1) is 0 Å². The molecule has 25 heavy (non-hydrogen) atoms. The third-order valence-corrected chi connectivity index (χ3v) is 6.46. The minimum absolute atomic E-state index is 0.0105. The molecule has 0 unspecified atom stereocenters. The molecule has 0 aliphatic heterocycles. The first-order valence-electron chi connectivity index (χ1n) is 9.42. The lowest BCUT2D eigenvalue weighted by molar-refractivity contribution is -0.126. The molecule has 2 N–H and O–H groups in total. The van der Waals surface area contributed by atoms with Gasteiger partial charge >= 0.3 is 0 Å². The van der Waals surface area contributed by atoms with Gasteiger partial charge in [0.1, 0.15) is 0 Å². The van der Waals surface area contributed by atoms with E-state index < -0.39 is 11.6 Å². The minimum atomic E-state index is -0.857. The number of hydrogen-bond donors (Lipinski definition) is 2. The number of halogens is 2. The molecule has 4 fully saturated rings. The summed E-state index contributed by atoms with van der Waals surface area (Å²) in [5.74, 6) is 0.679. The predicted octanol–water partition coefficient (Wildman–Crippen LogP) is 3.70. The molecule has 136 valence electrons. The van der Waals surface area contributed by atoms with Crippen LogP contribution in [0.15, 0.2) is 18.2 Å². The smallest absolute Gasteiger partial charge is 0.234 e. The van der Waals surface area contributed by atoms with Crippen LogP contribution in [0.2, 0.25) is 0 Å². The van der Waals surface area contributed by atoms with E-state index >= 15 is 0 Å². The van der Waals surface area contributed by atoms with Gasteiger partial charge in [0.25, 0.3) is 0 Å². The number of amides is 1. The Kier molecular flexibility index (Phi) is 4.30. The number of hydrogen-bond acceptors (Lipinski definition) is 2. The number of rotatable bonds is 5. The molecule has 0 heterocycles. The Morgan fingerprint density at radius 1 is 1.12 bits per heavy atom. The van der Waals surface area contributed by atoms with E-state index in [0.29, 0.717) is 5.56 Å². The Morgan fingerprint density at radius 2 is 1.72 bits per heavy atom. The lowest BCUT2D eigenvalue weighted by Gasteiger charge is -2.56. The van der Waals surface area contributed by atoms with Crippen LogP contribution in [0.4, 0.5) is 8.78 Å². The highest BCUT2D eigenvalue weighted by Gasteiger charge is 2.51. The highest BCUT2D eigenvalue weighted by atomic mass is 19.2. The zero-order valence-electron chi connectivity index (χ0n) is 14.7. The minimum Gasteiger partial charge on any atom is -0.350 e. The molecule has 1 aromatic rings. The van der Waals surface area contributed by atoms with Crippen LogP contribution in [-0.2, 0) is 4.79 Å². The standard InChI is InChI=1S/C20H26F2N2O/c1-12(16-2-3-17(21)18(22)7-16)23-11-19(25)24-20-8-13-4-14(9-20)6-15(5-13)10-20/h2-3,7,12-15,23H,4-6,8-11H2,1H3,(H,24,25)/t12-,13?,14?,15?,20?/m0/s1. The van der Waals surface area contributed by atoms with Crippen molar-refractivity contribution >= 4 is 5.91 Å². The molecular weight excluding hydrogens is 322 g/mol. The highest BCUT2D eigenvalue weighted by Crippen LogP contribution is 2.55. The fraction of sp³-hybridized carbons (Fsp3) is 0.650. The van der Waals surface area contributed by atoms with E-state index in [-0.39, 0.29) is 24.0 Å². The van der Waals surface area contributed by atoms with Crippen molar-refractivity contribution in [1.82, 2.24) is 10.6 Å². The summed E-state index contributed by atoms with van der Waals surface area (Å²) in [5, 5.41) is 6.44. The fourth-order valence-electron chi connectivity index (χ4n) is 5.75. The SMILES string of the molecule is C[C@H](NCC(=O)NC12CC3CC(CC(C3)C1)C2)c1ccc(F)c(F)c1. The number of carbonyl (C=O) groups excluding carboxylic acids is 1. The molecule has 4 aliphatic carbocycles. The normalized spacial score (nSPS) is 34.1. The van der Waals surface area contributed by atoms with Gasteiger partial charge in [-0.05, 0) is 80.9 Å². The van der Waals surface area contributed by atoms with Crippen molar-refractivity contribution in [2.45, 2.75) is 57.0 Å². The van der Waals surface area contributed by atoms with Crippen molar-refractivity contribution < 1.29 is 13.6 Å². The molecule has 4 aliphatic rings. The molecule has 0 radical (unpaired) electrons. The third-order valence-electron chi connectivity index (χ3n) is 6.46. The molecule has 1 atom stereocenters. The Bertz CT molecular complexity index is 640. The van der Waals surface area contributed by atoms with Crippen molar-refractivity contribution in [3.63, 3.8) is 0 Å². The maximum absolute atomic E-state index is 13.3. The molecule has 4 bridgehead atoms. The summed E-state index contributed by atoms with van der Waals surface area (Å²) < 4.78 is 26.4. The number of carbonyl (C=O) groups is 1. The van der Waals surface area contributed by atoms with Gasteiger partial charge in [0.2, 0.25) is 5.91 Å². The monoisotopic (exact) mass is 348 g/mol. The average molecular weight is 348 g/mol. The Hall–Kier alpha value is -1.49. The second kappa shape index (κ2) is 6.35. The van der Waals surface area contributed by atoms with Crippen molar-refractivity contribution in [3.05, 3.63) is 35.4 Å². The summed E-state index contributed by atoms with van der Waals surface area (Å²) in [7, 11) is 0. The van der Waals surface area contributed by atoms with Crippen LogP contribution in [-0.4, -0.2) is 18.0 Å². The summed E-state index contributed by atoms with van der Waals surface area (Å²) in [6.45, 7) is 2.05. The first-order valence-corrected chi connectivity index (χ1v) is 9.42. The van der Waals surface area contributed by atoms with E-state index in [9.17, 15) is 13.6 Å². The van der Waals surface area contributed by atoms with Crippen molar-refractivity contribution in [1.29, 1.82) is 0 Å². The largest absolute Gasteiger partial charge is 0.350 e. The van der Waals surface area contributed by atoms with E-state index in [1.807, 2.05) is 6.92 Å². The second-order valence-corrected chi connectivity index (χ2v) is 8.52. The summed E-state index contributed by atoms with van der Waals surface area (Å²) in [4.78, 5) is 12.5. The van der Waals surface area contributed by atoms with Crippen molar-refractivity contribution in [2.24, 2.45) is 17.8 Å². The van der Waals surface area contributed by atoms with Crippen LogP contribution >= 0.6 is 0 Å². The van der Waals surface area contributed by atoms with Gasteiger partial charge in [-0.3, -0.25) is 4.79 Å². The molecule has 5 heteroatoms. The first kappa shape index (κ1) is 17.0. The van der Waals surface area contributed by atoms with E-state index in [2.05, 4.69) is 10.6 Å². The average Bonchev–Trinajstić information content (AvgIpc) is 2.53. The molecule has 0 aromatic heterocycles. The summed E-state index contributed by atoms with van der Waals surface area (Å²) in [6, 6.07) is 3.65. The fourth-order valence-corrected chi connectivity index (χ4v) is 5.75. The lowest BCUT2D eigenvalue weighted by atomic mass is 9.53. The van der Waals surface area contributed by atoms with Crippen LogP contribution in [0.1, 0.15) is 57.1 Å². The number of nitrogens with one attached hydrogen (secondary N) is 2. The van der Waals surface area contributed by atoms with E-state index in [0.717, 1.165) is 43.1 Å². The van der Waals surface area contributed by atoms with Crippen LogP contribution < -0.4 is 10.6 Å². The molecule has 0 spiro atoms. The van der Waals surface area contributed by atoms with Crippen LogP contribution in [0.25, 0.3) is 0 Å². The van der Waals surface area contributed by atoms with Crippen LogP contribution in [0.5, 0.6) is 0 Å². The Balaban J connectivity index is 1.32. The maximum Gasteiger partial charge on any atom is 0.234 e. The maximum atomic E-state index is 13.3. The summed E-state index contributed by atoms with van der Waals surface area (Å²) in [5.41, 5.74) is 0.653. The molecule has 3 nitrogen and oxygen atoms in total. The van der Waals surface area contributed by atoms with Crippen LogP contribution in [0, 0.1) is 29.4 Å². The van der Waals surface area contributed by atoms with E-state index in [1.54, 1.807) is 6.07 Å². The zero-order chi connectivity index (χ0) is 17.6. The Morgan fingerprint density at radius 3 is 2.28 bits per heavy atom. The van der Waals surface area contributed by atoms with Gasteiger partial charge < -0.3 is 10.6 Å². The molecule has 5 rings (SSSR count). The van der Waals surface area contributed by atoms with E-state index in [1.165, 1.54) is 25.3 Å². The van der Waals surface area contributed by atoms with Gasteiger partial charge in [-0.25, -0.2) is 8.78 Å². The van der Waals surface area contributed by atoms with Crippen molar-refractivity contribution in [3.8, 4) is 0 Å². The predicted molar refractivity (Wildman–Crippen MR) is 91.8 cm³/mol. The summed E-state index contributed by atoms with van der Waals surface area (Å²) >= 11 is 0. The highest BCUT2D eigenvalue weighted by molar-refractivity contribution is 5.79. The van der Waals surface area contributed by atoms with Gasteiger partial charge in [-0.1, -0.05) is 6.07 Å². The van der Waals surface area contributed by atoms with Crippen LogP contribution in [0.3, 0.4) is 0 Å². The molecule has 0 saturated heterocycles. The first-order chi connectivity index (χ1) is 11.9. The van der Waals surface area contributed by atoms with Gasteiger partial charge in [0, 0.05) is 11.6 Å². The lowest BCUT2D eigenvalue weighted by Crippen LogP contribution is -2.60. The number of benzene rings is 1. The molecule has 1 amide bonds. The van der Waals surface area contributed by atoms with E-state index in [4.69, 9.17) is 0 Å². The molecular formula is C20H26F2N2O. The van der Waals surface area contributed by atoms with Crippen molar-refractivity contribution in [2.75, 3.05) is 6.54 Å². The summed E-state index contributed by atoms with van der Waals surface area (Å²) in [6.07, 6.45) is 7.43. The Labute approximate surface area is 147 Å². The van der Waals surface area contributed by atoms with Gasteiger partial charge in [0.05, 0.1) is 6.54 Å². The topological polar surface area (TPSA) is 41.1 Å². The molecule has 4 saturated carbocycles. The molecule has 1 aromatic carbocycles. The quantitative estimate of drug-likeness (QED) is 0.852. The van der Waals surface area contributed by atoms with Gasteiger partial charge in [-0.2, -0.15) is 0 Å². The second-order valence-electron chi connectivity index (χ2n) is 8.52. The van der Waals surface area contributed by atoms with Gasteiger partial charge in [0.15, 0.2) is 11.6 Å². The third kappa shape index (κ3) is 3.43.